The van der Waals surface area contributed by atoms with Gasteiger partial charge >= 0.3 is 12.3 Å². The van der Waals surface area contributed by atoms with Crippen LogP contribution in [0.3, 0.4) is 0 Å². The molecule has 0 spiro atoms. The Kier molecular flexibility index (Phi) is 7.46. The van der Waals surface area contributed by atoms with Gasteiger partial charge in [0.15, 0.2) is 5.69 Å². The van der Waals surface area contributed by atoms with Crippen LogP contribution in [0.1, 0.15) is 48.0 Å². The van der Waals surface area contributed by atoms with Crippen molar-refractivity contribution in [3.8, 4) is 0 Å². The van der Waals surface area contributed by atoms with Crippen LogP contribution in [0.2, 0.25) is 0 Å². The molecule has 2 fully saturated rings. The van der Waals surface area contributed by atoms with Crippen molar-refractivity contribution in [2.75, 3.05) is 55.7 Å². The molecule has 4 heterocycles. The van der Waals surface area contributed by atoms with E-state index in [0.29, 0.717) is 57.3 Å². The van der Waals surface area contributed by atoms with Gasteiger partial charge in [0.25, 0.3) is 6.01 Å². The van der Waals surface area contributed by atoms with E-state index in [-0.39, 0.29) is 18.5 Å². The van der Waals surface area contributed by atoms with Crippen LogP contribution in [0.15, 0.2) is 22.7 Å². The van der Waals surface area contributed by atoms with E-state index in [4.69, 9.17) is 9.15 Å². The molecule has 2 aliphatic rings. The molecule has 9 nitrogen and oxygen atoms in total. The van der Waals surface area contributed by atoms with Gasteiger partial charge in [0.05, 0.1) is 6.61 Å². The van der Waals surface area contributed by atoms with Crippen LogP contribution in [0, 0.1) is 0 Å². The van der Waals surface area contributed by atoms with Gasteiger partial charge in [-0.1, -0.05) is 6.07 Å². The molecular weight excluding hydrogens is 467 g/mol. The number of oxazole rings is 1. The van der Waals surface area contributed by atoms with Crippen molar-refractivity contribution in [3.05, 3.63) is 35.3 Å². The van der Waals surface area contributed by atoms with Crippen LogP contribution in [-0.4, -0.2) is 72.6 Å². The Morgan fingerprint density at radius 1 is 1.03 bits per heavy atom. The van der Waals surface area contributed by atoms with Gasteiger partial charge in [-0.05, 0) is 37.8 Å². The predicted molar refractivity (Wildman–Crippen MR) is 121 cm³/mol. The quantitative estimate of drug-likeness (QED) is 0.559. The Hall–Kier alpha value is -3.31. The van der Waals surface area contributed by atoms with E-state index >= 15 is 0 Å². The minimum atomic E-state index is -4.80. The van der Waals surface area contributed by atoms with Gasteiger partial charge in [0.2, 0.25) is 11.5 Å². The Morgan fingerprint density at radius 2 is 1.74 bits per heavy atom. The molecule has 4 rings (SSSR count). The first-order chi connectivity index (χ1) is 16.8. The Labute approximate surface area is 200 Å². The fraction of sp³-hybridized carbons (Fsp3) is 0.565. The van der Waals surface area contributed by atoms with Crippen LogP contribution >= 0.6 is 0 Å². The SMILES string of the molecule is CCOC(=O)N1CCN(c2ccc(CC(=O)c3oc(N4CCCCC4)nc3C(F)(F)F)cn2)CC1. The van der Waals surface area contributed by atoms with E-state index in [1.54, 1.807) is 28.9 Å². The Morgan fingerprint density at radius 3 is 2.34 bits per heavy atom. The van der Waals surface area contributed by atoms with Crippen molar-refractivity contribution < 1.29 is 31.9 Å². The number of Topliss-reactive ketones (excluding diaryl/α,β-unsaturated/α-hetero) is 1. The largest absolute Gasteiger partial charge is 0.450 e. The molecule has 2 aromatic rings. The second-order valence-corrected chi connectivity index (χ2v) is 8.52. The molecule has 2 aliphatic heterocycles. The summed E-state index contributed by atoms with van der Waals surface area (Å²) in [5.74, 6) is -0.907. The number of rotatable bonds is 6. The molecule has 0 N–H and O–H groups in total. The van der Waals surface area contributed by atoms with E-state index in [1.165, 1.54) is 6.20 Å². The highest BCUT2D eigenvalue weighted by atomic mass is 19.4. The molecule has 2 saturated heterocycles. The number of anilines is 2. The number of carbonyl (C=O) groups is 2. The zero-order valence-electron chi connectivity index (χ0n) is 19.5. The lowest BCUT2D eigenvalue weighted by Crippen LogP contribution is -2.49. The lowest BCUT2D eigenvalue weighted by molar-refractivity contribution is -0.141. The number of amides is 1. The maximum absolute atomic E-state index is 13.6. The minimum Gasteiger partial charge on any atom is -0.450 e. The molecule has 0 aliphatic carbocycles. The fourth-order valence-electron chi connectivity index (χ4n) is 4.22. The number of halogens is 3. The average Bonchev–Trinajstić information content (AvgIpc) is 3.32. The van der Waals surface area contributed by atoms with Crippen LogP contribution in [-0.2, 0) is 17.3 Å². The predicted octanol–water partition coefficient (Wildman–Crippen LogP) is 3.78. The van der Waals surface area contributed by atoms with Crippen molar-refractivity contribution in [1.82, 2.24) is 14.9 Å². The molecular formula is C23H28F3N5O4. The summed E-state index contributed by atoms with van der Waals surface area (Å²) < 4.78 is 51.1. The molecule has 0 saturated carbocycles. The monoisotopic (exact) mass is 495 g/mol. The van der Waals surface area contributed by atoms with Crippen molar-refractivity contribution in [1.29, 1.82) is 0 Å². The summed E-state index contributed by atoms with van der Waals surface area (Å²) in [4.78, 5) is 37.9. The molecule has 2 aromatic heterocycles. The number of pyridine rings is 1. The van der Waals surface area contributed by atoms with Crippen LogP contribution in [0.25, 0.3) is 0 Å². The third-order valence-electron chi connectivity index (χ3n) is 6.07. The number of piperidine rings is 1. The lowest BCUT2D eigenvalue weighted by Gasteiger charge is -2.34. The summed E-state index contributed by atoms with van der Waals surface area (Å²) in [7, 11) is 0. The summed E-state index contributed by atoms with van der Waals surface area (Å²) in [5.41, 5.74) is -0.819. The lowest BCUT2D eigenvalue weighted by atomic mass is 10.1. The second-order valence-electron chi connectivity index (χ2n) is 8.52. The normalized spacial score (nSPS) is 17.0. The zero-order chi connectivity index (χ0) is 25.0. The van der Waals surface area contributed by atoms with Crippen LogP contribution in [0.4, 0.5) is 29.8 Å². The number of ketones is 1. The molecule has 1 amide bonds. The van der Waals surface area contributed by atoms with Gasteiger partial charge in [-0.25, -0.2) is 9.78 Å². The van der Waals surface area contributed by atoms with Gasteiger partial charge in [-0.15, -0.1) is 0 Å². The highest BCUT2D eigenvalue weighted by Gasteiger charge is 2.41. The maximum Gasteiger partial charge on any atom is 0.437 e. The topological polar surface area (TPSA) is 92.0 Å². The molecule has 190 valence electrons. The second kappa shape index (κ2) is 10.5. The van der Waals surface area contributed by atoms with Gasteiger partial charge in [-0.3, -0.25) is 4.79 Å². The summed E-state index contributed by atoms with van der Waals surface area (Å²) in [5, 5.41) is 0. The highest BCUT2D eigenvalue weighted by Crippen LogP contribution is 2.35. The van der Waals surface area contributed by atoms with Crippen molar-refractivity contribution in [2.45, 2.75) is 38.8 Å². The van der Waals surface area contributed by atoms with Crippen LogP contribution in [0.5, 0.6) is 0 Å². The first-order valence-corrected chi connectivity index (χ1v) is 11.7. The number of hydrogen-bond acceptors (Lipinski definition) is 8. The summed E-state index contributed by atoms with van der Waals surface area (Å²) in [6.07, 6.45) is -1.29. The number of piperazine rings is 1. The highest BCUT2D eigenvalue weighted by molar-refractivity contribution is 5.96. The van der Waals surface area contributed by atoms with Crippen molar-refractivity contribution in [3.63, 3.8) is 0 Å². The molecule has 0 unspecified atom stereocenters. The van der Waals surface area contributed by atoms with E-state index in [9.17, 15) is 22.8 Å². The van der Waals surface area contributed by atoms with Crippen molar-refractivity contribution >= 4 is 23.7 Å². The van der Waals surface area contributed by atoms with E-state index in [0.717, 1.165) is 19.3 Å². The number of aromatic nitrogens is 2. The molecule has 0 bridgehead atoms. The average molecular weight is 496 g/mol. The summed E-state index contributed by atoms with van der Waals surface area (Å²) >= 11 is 0. The smallest absolute Gasteiger partial charge is 0.437 e. The summed E-state index contributed by atoms with van der Waals surface area (Å²) in [6.45, 7) is 5.28. The number of nitrogens with zero attached hydrogens (tertiary/aromatic N) is 5. The molecule has 0 radical (unpaired) electrons. The first-order valence-electron chi connectivity index (χ1n) is 11.7. The Balaban J connectivity index is 1.41. The number of alkyl halides is 3. The van der Waals surface area contributed by atoms with Gasteiger partial charge in [-0.2, -0.15) is 18.2 Å². The van der Waals surface area contributed by atoms with E-state index in [1.807, 2.05) is 4.90 Å². The standard InChI is InChI=1S/C23H28F3N5O4/c1-2-34-22(33)31-12-10-29(11-13-31)18-7-6-16(15-27-18)14-17(32)19-20(23(24,25)26)28-21(35-19)30-8-4-3-5-9-30/h6-7,15H,2-5,8-14H2,1H3. The molecule has 0 atom stereocenters. The van der Waals surface area contributed by atoms with E-state index < -0.39 is 23.4 Å². The molecule has 12 heteroatoms. The molecule has 35 heavy (non-hydrogen) atoms. The zero-order valence-corrected chi connectivity index (χ0v) is 19.5. The maximum atomic E-state index is 13.6. The minimum absolute atomic E-state index is 0.157. The van der Waals surface area contributed by atoms with Crippen LogP contribution < -0.4 is 9.80 Å². The third-order valence-corrected chi connectivity index (χ3v) is 6.07. The van der Waals surface area contributed by atoms with Gasteiger partial charge < -0.3 is 23.9 Å². The Bertz CT molecular complexity index is 1030. The molecule has 0 aromatic carbocycles. The third kappa shape index (κ3) is 5.85. The van der Waals surface area contributed by atoms with Gasteiger partial charge in [0, 0.05) is 51.9 Å². The number of ether oxygens (including phenoxy) is 1. The number of hydrogen-bond donors (Lipinski definition) is 0. The van der Waals surface area contributed by atoms with Crippen molar-refractivity contribution in [2.24, 2.45) is 0 Å². The fourth-order valence-corrected chi connectivity index (χ4v) is 4.22. The van der Waals surface area contributed by atoms with E-state index in [2.05, 4.69) is 9.97 Å². The number of carbonyl (C=O) groups excluding carboxylic acids is 2. The summed E-state index contributed by atoms with van der Waals surface area (Å²) in [6, 6.07) is 3.22. The van der Waals surface area contributed by atoms with Gasteiger partial charge in [0.1, 0.15) is 5.82 Å². The first kappa shape index (κ1) is 24.8.